The Balaban J connectivity index is 1.26. The van der Waals surface area contributed by atoms with E-state index in [9.17, 15) is 14.4 Å². The van der Waals surface area contributed by atoms with Crippen molar-refractivity contribution in [1.29, 1.82) is 0 Å². The van der Waals surface area contributed by atoms with Crippen molar-refractivity contribution in [2.24, 2.45) is 11.7 Å². The van der Waals surface area contributed by atoms with Crippen LogP contribution in [0.3, 0.4) is 0 Å². The maximum Gasteiger partial charge on any atom is 0.254 e. The number of fused-ring (bicyclic) bond motifs is 2. The fourth-order valence-electron chi connectivity index (χ4n) is 5.23. The first-order valence-corrected chi connectivity index (χ1v) is 12.9. The van der Waals surface area contributed by atoms with Crippen LogP contribution in [-0.2, 0) is 17.6 Å². The molecule has 7 heteroatoms. The number of likely N-dealkylation sites (tertiary alicyclic amines) is 1. The molecule has 0 saturated carbocycles. The molecule has 3 aromatic rings. The van der Waals surface area contributed by atoms with Crippen LogP contribution in [0.2, 0.25) is 0 Å². The van der Waals surface area contributed by atoms with Crippen LogP contribution in [0.15, 0.2) is 42.5 Å². The van der Waals surface area contributed by atoms with Crippen molar-refractivity contribution in [2.45, 2.75) is 44.9 Å². The molecule has 1 saturated heterocycles. The molecule has 0 bridgehead atoms. The van der Waals surface area contributed by atoms with Crippen molar-refractivity contribution in [3.05, 3.63) is 64.0 Å². The van der Waals surface area contributed by atoms with Crippen molar-refractivity contribution in [3.63, 3.8) is 0 Å². The molecule has 34 heavy (non-hydrogen) atoms. The van der Waals surface area contributed by atoms with E-state index >= 15 is 0 Å². The van der Waals surface area contributed by atoms with Crippen molar-refractivity contribution < 1.29 is 14.4 Å². The van der Waals surface area contributed by atoms with Crippen molar-refractivity contribution in [1.82, 2.24) is 4.90 Å². The number of hydrogen-bond donors (Lipinski definition) is 2. The molecule has 176 valence electrons. The van der Waals surface area contributed by atoms with Gasteiger partial charge >= 0.3 is 0 Å². The molecule has 0 spiro atoms. The molecule has 1 aliphatic carbocycles. The largest absolute Gasteiger partial charge is 0.365 e. The highest BCUT2D eigenvalue weighted by Gasteiger charge is 2.30. The number of hydrogen-bond acceptors (Lipinski definition) is 4. The molecule has 1 aliphatic heterocycles. The van der Waals surface area contributed by atoms with Gasteiger partial charge in [0.05, 0.1) is 5.56 Å². The van der Waals surface area contributed by atoms with Gasteiger partial charge in [0.1, 0.15) is 5.00 Å². The van der Waals surface area contributed by atoms with E-state index in [1.54, 1.807) is 0 Å². The molecule has 3 N–H and O–H groups in total. The zero-order chi connectivity index (χ0) is 23.7. The number of rotatable bonds is 4. The fourth-order valence-corrected chi connectivity index (χ4v) is 6.53. The lowest BCUT2D eigenvalue weighted by Gasteiger charge is -2.31. The summed E-state index contributed by atoms with van der Waals surface area (Å²) in [5.41, 5.74) is 7.94. The monoisotopic (exact) mass is 475 g/mol. The molecule has 3 amide bonds. The van der Waals surface area contributed by atoms with Gasteiger partial charge < -0.3 is 16.0 Å². The number of primary amides is 1. The average Bonchev–Trinajstić information content (AvgIpc) is 3.03. The van der Waals surface area contributed by atoms with Gasteiger partial charge in [0.25, 0.3) is 11.8 Å². The topological polar surface area (TPSA) is 92.5 Å². The first-order valence-electron chi connectivity index (χ1n) is 12.0. The Morgan fingerprint density at radius 1 is 0.941 bits per heavy atom. The lowest BCUT2D eigenvalue weighted by Crippen LogP contribution is -2.41. The summed E-state index contributed by atoms with van der Waals surface area (Å²) in [6.07, 6.45) is 6.26. The van der Waals surface area contributed by atoms with Crippen molar-refractivity contribution in [2.75, 3.05) is 18.4 Å². The second kappa shape index (κ2) is 9.58. The van der Waals surface area contributed by atoms with Gasteiger partial charge in [-0.3, -0.25) is 14.4 Å². The summed E-state index contributed by atoms with van der Waals surface area (Å²) < 4.78 is 0. The Kier molecular flexibility index (Phi) is 6.37. The predicted molar refractivity (Wildman–Crippen MR) is 135 cm³/mol. The molecule has 0 atom stereocenters. The van der Waals surface area contributed by atoms with Gasteiger partial charge in [-0.25, -0.2) is 0 Å². The first-order chi connectivity index (χ1) is 16.5. The maximum atomic E-state index is 13.2. The highest BCUT2D eigenvalue weighted by atomic mass is 32.1. The molecular formula is C27H29N3O3S. The molecule has 2 aromatic carbocycles. The second-order valence-electron chi connectivity index (χ2n) is 9.22. The molecule has 2 heterocycles. The van der Waals surface area contributed by atoms with E-state index in [-0.39, 0.29) is 17.7 Å². The molecule has 1 fully saturated rings. The lowest BCUT2D eigenvalue weighted by molar-refractivity contribution is -0.121. The number of piperidine rings is 1. The lowest BCUT2D eigenvalue weighted by atomic mass is 9.94. The van der Waals surface area contributed by atoms with E-state index in [4.69, 9.17) is 5.73 Å². The quantitative estimate of drug-likeness (QED) is 0.533. The number of aryl methyl sites for hydroxylation is 1. The zero-order valence-corrected chi connectivity index (χ0v) is 20.0. The van der Waals surface area contributed by atoms with Gasteiger partial charge in [-0.15, -0.1) is 11.3 Å². The van der Waals surface area contributed by atoms with Crippen LogP contribution >= 0.6 is 11.3 Å². The summed E-state index contributed by atoms with van der Waals surface area (Å²) in [5.74, 6) is -0.741. The maximum absolute atomic E-state index is 13.2. The summed E-state index contributed by atoms with van der Waals surface area (Å²) in [4.78, 5) is 41.5. The van der Waals surface area contributed by atoms with Gasteiger partial charge in [-0.2, -0.15) is 0 Å². The third-order valence-corrected chi connectivity index (χ3v) is 8.28. The summed E-state index contributed by atoms with van der Waals surface area (Å²) in [7, 11) is 0. The van der Waals surface area contributed by atoms with Crippen LogP contribution in [0, 0.1) is 5.92 Å². The van der Waals surface area contributed by atoms with Gasteiger partial charge in [-0.1, -0.05) is 42.8 Å². The highest BCUT2D eigenvalue weighted by Crippen LogP contribution is 2.38. The van der Waals surface area contributed by atoms with E-state index in [2.05, 4.69) is 5.32 Å². The molecule has 2 aliphatic rings. The minimum absolute atomic E-state index is 0.00803. The minimum Gasteiger partial charge on any atom is -0.365 e. The van der Waals surface area contributed by atoms with E-state index in [0.717, 1.165) is 48.4 Å². The minimum atomic E-state index is -0.467. The summed E-state index contributed by atoms with van der Waals surface area (Å²) >= 11 is 1.50. The summed E-state index contributed by atoms with van der Waals surface area (Å²) in [6, 6.07) is 13.7. The summed E-state index contributed by atoms with van der Waals surface area (Å²) in [5, 5.41) is 5.60. The number of anilines is 1. The Morgan fingerprint density at radius 3 is 2.47 bits per heavy atom. The number of amides is 3. The molecule has 0 radical (unpaired) electrons. The van der Waals surface area contributed by atoms with Crippen LogP contribution in [0.1, 0.15) is 63.3 Å². The van der Waals surface area contributed by atoms with Crippen LogP contribution in [-0.4, -0.2) is 35.7 Å². The smallest absolute Gasteiger partial charge is 0.254 e. The van der Waals surface area contributed by atoms with E-state index in [1.807, 2.05) is 47.4 Å². The standard InChI is InChI=1S/C27H29N3O3S/c28-24(31)23-21-10-2-1-3-12-22(21)34-26(23)29-25(32)18-13-15-30(16-14-18)27(33)20-11-6-8-17-7-4-5-9-19(17)20/h4-9,11,18H,1-3,10,12-16H2,(H2,28,31)(H,29,32). The number of nitrogens with two attached hydrogens (primary N) is 1. The number of carbonyl (C=O) groups excluding carboxylic acids is 3. The average molecular weight is 476 g/mol. The van der Waals surface area contributed by atoms with Gasteiger partial charge in [0.2, 0.25) is 5.91 Å². The Morgan fingerprint density at radius 2 is 1.68 bits per heavy atom. The second-order valence-corrected chi connectivity index (χ2v) is 10.3. The normalized spacial score (nSPS) is 16.6. The van der Waals surface area contributed by atoms with Gasteiger partial charge in [-0.05, 0) is 60.9 Å². The van der Waals surface area contributed by atoms with Gasteiger partial charge in [0, 0.05) is 29.4 Å². The van der Waals surface area contributed by atoms with E-state index in [0.29, 0.717) is 42.1 Å². The number of carbonyl (C=O) groups is 3. The zero-order valence-electron chi connectivity index (χ0n) is 19.1. The molecule has 6 nitrogen and oxygen atoms in total. The Bertz CT molecular complexity index is 1250. The SMILES string of the molecule is NC(=O)c1c(NC(=O)C2CCN(C(=O)c3cccc4ccccc34)CC2)sc2c1CCCCC2. The molecule has 1 aromatic heterocycles. The Labute approximate surface area is 203 Å². The van der Waals surface area contributed by atoms with Gasteiger partial charge in [0.15, 0.2) is 0 Å². The summed E-state index contributed by atoms with van der Waals surface area (Å²) in [6.45, 7) is 1.06. The number of thiophene rings is 1. The highest BCUT2D eigenvalue weighted by molar-refractivity contribution is 7.17. The molecule has 0 unspecified atom stereocenters. The van der Waals surface area contributed by atoms with Crippen molar-refractivity contribution in [3.8, 4) is 0 Å². The van der Waals surface area contributed by atoms with E-state index in [1.165, 1.54) is 16.2 Å². The van der Waals surface area contributed by atoms with Crippen LogP contribution < -0.4 is 11.1 Å². The van der Waals surface area contributed by atoms with E-state index < -0.39 is 5.91 Å². The predicted octanol–water partition coefficient (Wildman–Crippen LogP) is 4.76. The van der Waals surface area contributed by atoms with Crippen LogP contribution in [0.4, 0.5) is 5.00 Å². The number of benzene rings is 2. The molecular weight excluding hydrogens is 446 g/mol. The van der Waals surface area contributed by atoms with Crippen LogP contribution in [0.25, 0.3) is 10.8 Å². The third kappa shape index (κ3) is 4.32. The van der Waals surface area contributed by atoms with Crippen LogP contribution in [0.5, 0.6) is 0 Å². The van der Waals surface area contributed by atoms with Crippen molar-refractivity contribution >= 4 is 44.8 Å². The first kappa shape index (κ1) is 22.6. The number of nitrogens with one attached hydrogen (secondary N) is 1. The third-order valence-electron chi connectivity index (χ3n) is 7.08. The fraction of sp³-hybridized carbons (Fsp3) is 0.370. The number of nitrogens with zero attached hydrogens (tertiary/aromatic N) is 1. The molecule has 5 rings (SSSR count). The Hall–Kier alpha value is -3.19.